The number of halogens is 2. The van der Waals surface area contributed by atoms with E-state index in [4.69, 9.17) is 11.6 Å². The fraction of sp³-hybridized carbons (Fsp3) is 0.533. The van der Waals surface area contributed by atoms with E-state index in [-0.39, 0.29) is 16.7 Å². The molecule has 0 aromatic heterocycles. The maximum absolute atomic E-state index is 13.3. The van der Waals surface area contributed by atoms with Gasteiger partial charge in [0.1, 0.15) is 11.6 Å². The van der Waals surface area contributed by atoms with Crippen LogP contribution in [0.15, 0.2) is 18.2 Å². The highest BCUT2D eigenvalue weighted by Crippen LogP contribution is 2.48. The molecule has 3 atom stereocenters. The summed E-state index contributed by atoms with van der Waals surface area (Å²) in [4.78, 5) is 12.2. The van der Waals surface area contributed by atoms with Crippen LogP contribution >= 0.6 is 11.6 Å². The smallest absolute Gasteiger partial charge is 0.142 e. The van der Waals surface area contributed by atoms with Crippen molar-refractivity contribution in [2.45, 2.75) is 32.1 Å². The topological polar surface area (TPSA) is 17.1 Å². The molecule has 3 unspecified atom stereocenters. The van der Waals surface area contributed by atoms with Crippen LogP contribution in [0.2, 0.25) is 5.02 Å². The Morgan fingerprint density at radius 3 is 2.78 bits per heavy atom. The number of hydrogen-bond donors (Lipinski definition) is 0. The van der Waals surface area contributed by atoms with E-state index in [1.807, 2.05) is 0 Å². The van der Waals surface area contributed by atoms with Gasteiger partial charge in [0.05, 0.1) is 5.02 Å². The van der Waals surface area contributed by atoms with Crippen LogP contribution in [-0.4, -0.2) is 5.78 Å². The van der Waals surface area contributed by atoms with Gasteiger partial charge in [-0.05, 0) is 48.8 Å². The summed E-state index contributed by atoms with van der Waals surface area (Å²) in [7, 11) is 0. The monoisotopic (exact) mass is 266 g/mol. The molecule has 3 heteroatoms. The van der Waals surface area contributed by atoms with E-state index in [9.17, 15) is 9.18 Å². The maximum Gasteiger partial charge on any atom is 0.142 e. The summed E-state index contributed by atoms with van der Waals surface area (Å²) in [6, 6.07) is 4.66. The van der Waals surface area contributed by atoms with Crippen LogP contribution in [0.3, 0.4) is 0 Å². The molecule has 0 radical (unpaired) electrons. The van der Waals surface area contributed by atoms with Gasteiger partial charge < -0.3 is 0 Å². The largest absolute Gasteiger partial charge is 0.299 e. The summed E-state index contributed by atoms with van der Waals surface area (Å²) in [5.74, 6) is 1.44. The SMILES string of the molecule is O=C(Cc1ccc(Cl)c(F)c1)C1CC2CCC1C2. The third-order valence-corrected chi connectivity index (χ3v) is 4.82. The van der Waals surface area contributed by atoms with Crippen molar-refractivity contribution in [3.05, 3.63) is 34.6 Å². The quantitative estimate of drug-likeness (QED) is 0.807. The molecule has 0 amide bonds. The van der Waals surface area contributed by atoms with E-state index in [2.05, 4.69) is 0 Å². The minimum absolute atomic E-state index is 0.117. The molecule has 2 saturated carbocycles. The zero-order chi connectivity index (χ0) is 12.7. The second-order valence-corrected chi connectivity index (χ2v) is 6.08. The Morgan fingerprint density at radius 1 is 1.33 bits per heavy atom. The number of hydrogen-bond acceptors (Lipinski definition) is 1. The van der Waals surface area contributed by atoms with Gasteiger partial charge in [-0.1, -0.05) is 24.1 Å². The lowest BCUT2D eigenvalue weighted by Crippen LogP contribution is -2.22. The van der Waals surface area contributed by atoms with Gasteiger partial charge in [-0.2, -0.15) is 0 Å². The van der Waals surface area contributed by atoms with E-state index >= 15 is 0 Å². The molecule has 0 N–H and O–H groups in total. The van der Waals surface area contributed by atoms with Gasteiger partial charge in [-0.15, -0.1) is 0 Å². The average molecular weight is 267 g/mol. The van der Waals surface area contributed by atoms with Gasteiger partial charge in [0, 0.05) is 12.3 Å². The van der Waals surface area contributed by atoms with Gasteiger partial charge in [-0.25, -0.2) is 4.39 Å². The molecule has 2 aliphatic rings. The van der Waals surface area contributed by atoms with Crippen molar-refractivity contribution >= 4 is 17.4 Å². The molecule has 1 aromatic rings. The third-order valence-electron chi connectivity index (χ3n) is 4.51. The summed E-state index contributed by atoms with van der Waals surface area (Å²) in [6.45, 7) is 0. The lowest BCUT2D eigenvalue weighted by atomic mass is 9.83. The highest BCUT2D eigenvalue weighted by molar-refractivity contribution is 6.30. The van der Waals surface area contributed by atoms with Gasteiger partial charge in [0.15, 0.2) is 0 Å². The van der Waals surface area contributed by atoms with Crippen molar-refractivity contribution in [3.8, 4) is 0 Å². The first-order chi connectivity index (χ1) is 8.63. The zero-order valence-corrected chi connectivity index (χ0v) is 10.9. The van der Waals surface area contributed by atoms with Crippen molar-refractivity contribution < 1.29 is 9.18 Å². The first kappa shape index (κ1) is 12.2. The van der Waals surface area contributed by atoms with E-state index in [1.54, 1.807) is 6.07 Å². The molecular formula is C15H16ClFO. The van der Waals surface area contributed by atoms with Gasteiger partial charge in [0.25, 0.3) is 0 Å². The van der Waals surface area contributed by atoms with Crippen LogP contribution in [0.25, 0.3) is 0 Å². The van der Waals surface area contributed by atoms with Crippen LogP contribution in [0, 0.1) is 23.6 Å². The Morgan fingerprint density at radius 2 is 2.17 bits per heavy atom. The van der Waals surface area contributed by atoms with E-state index in [0.717, 1.165) is 17.9 Å². The van der Waals surface area contributed by atoms with Crippen LogP contribution < -0.4 is 0 Å². The highest BCUT2D eigenvalue weighted by atomic mass is 35.5. The summed E-state index contributed by atoms with van der Waals surface area (Å²) in [6.07, 6.45) is 5.13. The predicted octanol–water partition coefficient (Wildman–Crippen LogP) is 4.03. The van der Waals surface area contributed by atoms with Gasteiger partial charge >= 0.3 is 0 Å². The highest BCUT2D eigenvalue weighted by Gasteiger charge is 2.42. The molecule has 0 spiro atoms. The molecule has 2 fully saturated rings. The number of Topliss-reactive ketones (excluding diaryl/α,β-unsaturated/α-hetero) is 1. The molecular weight excluding hydrogens is 251 g/mol. The van der Waals surface area contributed by atoms with E-state index < -0.39 is 5.82 Å². The molecule has 1 aromatic carbocycles. The van der Waals surface area contributed by atoms with Gasteiger partial charge in [0.2, 0.25) is 0 Å². The number of ketones is 1. The third kappa shape index (κ3) is 2.18. The van der Waals surface area contributed by atoms with E-state index in [0.29, 0.717) is 12.3 Å². The second kappa shape index (κ2) is 4.65. The second-order valence-electron chi connectivity index (χ2n) is 5.67. The fourth-order valence-electron chi connectivity index (χ4n) is 3.62. The summed E-state index contributed by atoms with van der Waals surface area (Å²) >= 11 is 5.64. The fourth-order valence-corrected chi connectivity index (χ4v) is 3.74. The van der Waals surface area contributed by atoms with Crippen LogP contribution in [-0.2, 0) is 11.2 Å². The number of carbonyl (C=O) groups excluding carboxylic acids is 1. The Balaban J connectivity index is 1.69. The molecule has 0 heterocycles. The summed E-state index contributed by atoms with van der Waals surface area (Å²) in [5, 5.41) is 0.117. The molecule has 0 aliphatic heterocycles. The number of rotatable bonds is 3. The number of carbonyl (C=O) groups is 1. The lowest BCUT2D eigenvalue weighted by Gasteiger charge is -2.20. The van der Waals surface area contributed by atoms with Crippen LogP contribution in [0.1, 0.15) is 31.2 Å². The molecule has 18 heavy (non-hydrogen) atoms. The summed E-state index contributed by atoms with van der Waals surface area (Å²) < 4.78 is 13.3. The van der Waals surface area contributed by atoms with Crippen LogP contribution in [0.4, 0.5) is 4.39 Å². The lowest BCUT2D eigenvalue weighted by molar-refractivity contribution is -0.123. The summed E-state index contributed by atoms with van der Waals surface area (Å²) in [5.41, 5.74) is 0.740. The van der Waals surface area contributed by atoms with Crippen molar-refractivity contribution in [3.63, 3.8) is 0 Å². The van der Waals surface area contributed by atoms with Crippen molar-refractivity contribution in [1.29, 1.82) is 0 Å². The minimum Gasteiger partial charge on any atom is -0.299 e. The van der Waals surface area contributed by atoms with Crippen molar-refractivity contribution in [1.82, 2.24) is 0 Å². The molecule has 1 nitrogen and oxygen atoms in total. The molecule has 96 valence electrons. The van der Waals surface area contributed by atoms with E-state index in [1.165, 1.54) is 31.4 Å². The first-order valence-corrected chi connectivity index (χ1v) is 6.98. The Hall–Kier alpha value is -0.890. The first-order valence-electron chi connectivity index (χ1n) is 6.60. The Kier molecular flexibility index (Phi) is 3.14. The molecule has 2 bridgehead atoms. The van der Waals surface area contributed by atoms with Crippen molar-refractivity contribution in [2.24, 2.45) is 17.8 Å². The maximum atomic E-state index is 13.3. The average Bonchev–Trinajstić information content (AvgIpc) is 2.96. The molecule has 2 aliphatic carbocycles. The Bertz CT molecular complexity index is 485. The number of fused-ring (bicyclic) bond motifs is 2. The predicted molar refractivity (Wildman–Crippen MR) is 69.1 cm³/mol. The number of benzene rings is 1. The van der Waals surface area contributed by atoms with Crippen molar-refractivity contribution in [2.75, 3.05) is 0 Å². The minimum atomic E-state index is -0.435. The molecule has 3 rings (SSSR count). The Labute approximate surface area is 111 Å². The van der Waals surface area contributed by atoms with Crippen LogP contribution in [0.5, 0.6) is 0 Å². The zero-order valence-electron chi connectivity index (χ0n) is 10.2. The molecule has 0 saturated heterocycles. The standard InChI is InChI=1S/C15H16ClFO/c16-13-4-2-10(7-14(13)17)8-15(18)12-6-9-1-3-11(12)5-9/h2,4,7,9,11-12H,1,3,5-6,8H2. The normalized spacial score (nSPS) is 29.8. The van der Waals surface area contributed by atoms with Gasteiger partial charge in [-0.3, -0.25) is 4.79 Å².